The number of hydrogen-bond acceptors (Lipinski definition) is 2. The van der Waals surface area contributed by atoms with Gasteiger partial charge in [0.05, 0.1) is 0 Å². The maximum Gasteiger partial charge on any atom is 0.129 e. The highest BCUT2D eigenvalue weighted by molar-refractivity contribution is 5.23. The van der Waals surface area contributed by atoms with Crippen LogP contribution in [0.3, 0.4) is 0 Å². The topological polar surface area (TPSA) is 40.5 Å². The van der Waals surface area contributed by atoms with Gasteiger partial charge in [-0.05, 0) is 73.6 Å². The van der Waals surface area contributed by atoms with E-state index in [-0.39, 0.29) is 35.2 Å². The van der Waals surface area contributed by atoms with E-state index in [0.717, 1.165) is 38.5 Å². The van der Waals surface area contributed by atoms with Crippen LogP contribution in [0.25, 0.3) is 0 Å². The van der Waals surface area contributed by atoms with Crippen LogP contribution >= 0.6 is 0 Å². The summed E-state index contributed by atoms with van der Waals surface area (Å²) in [5.41, 5.74) is -0.316. The average molecular weight is 424 g/mol. The molecular formula is C24H28F4O2. The molecule has 0 spiro atoms. The van der Waals surface area contributed by atoms with E-state index in [9.17, 15) is 27.8 Å². The minimum Gasteiger partial charge on any atom is -0.396 e. The second-order valence-corrected chi connectivity index (χ2v) is 8.78. The summed E-state index contributed by atoms with van der Waals surface area (Å²) < 4.78 is 53.4. The average Bonchev–Trinajstić information content (AvgIpc) is 2.66. The van der Waals surface area contributed by atoms with E-state index in [1.165, 1.54) is 36.4 Å². The summed E-state index contributed by atoms with van der Waals surface area (Å²) in [5.74, 6) is -2.02. The van der Waals surface area contributed by atoms with Crippen molar-refractivity contribution in [3.05, 3.63) is 70.8 Å². The quantitative estimate of drug-likeness (QED) is 0.615. The van der Waals surface area contributed by atoms with Crippen LogP contribution in [0, 0.1) is 34.1 Å². The molecule has 2 saturated carbocycles. The number of aliphatic hydroxyl groups excluding tert-OH is 2. The van der Waals surface area contributed by atoms with Gasteiger partial charge in [-0.1, -0.05) is 25.0 Å². The molecule has 0 saturated heterocycles. The first-order valence-electron chi connectivity index (χ1n) is 10.4. The maximum absolute atomic E-state index is 13.4. The van der Waals surface area contributed by atoms with Crippen LogP contribution in [-0.2, 0) is 12.8 Å². The first kappa shape index (κ1) is 22.8. The zero-order valence-electron chi connectivity index (χ0n) is 16.9. The molecule has 30 heavy (non-hydrogen) atoms. The Labute approximate surface area is 174 Å². The third-order valence-corrected chi connectivity index (χ3v) is 6.73. The van der Waals surface area contributed by atoms with Gasteiger partial charge in [-0.25, -0.2) is 17.6 Å². The van der Waals surface area contributed by atoms with Crippen molar-refractivity contribution in [1.82, 2.24) is 0 Å². The Bertz CT molecular complexity index is 737. The summed E-state index contributed by atoms with van der Waals surface area (Å²) in [6, 6.07) is 7.79. The molecule has 6 heteroatoms. The highest BCUT2D eigenvalue weighted by Gasteiger charge is 2.38. The van der Waals surface area contributed by atoms with Crippen LogP contribution in [0.4, 0.5) is 17.6 Å². The fourth-order valence-electron chi connectivity index (χ4n) is 4.29. The molecule has 4 rings (SSSR count). The first-order valence-corrected chi connectivity index (χ1v) is 10.4. The van der Waals surface area contributed by atoms with Crippen LogP contribution in [0.5, 0.6) is 0 Å². The molecule has 0 radical (unpaired) electrons. The molecular weight excluding hydrogens is 396 g/mol. The summed E-state index contributed by atoms with van der Waals surface area (Å²) in [6.45, 7) is 0.0293. The molecule has 2 N–H and O–H groups in total. The van der Waals surface area contributed by atoms with E-state index in [0.29, 0.717) is 12.8 Å². The van der Waals surface area contributed by atoms with Gasteiger partial charge in [0.2, 0.25) is 0 Å². The number of rotatable bonds is 6. The Morgan fingerprint density at radius 1 is 0.600 bits per heavy atom. The fourth-order valence-corrected chi connectivity index (χ4v) is 4.29. The highest BCUT2D eigenvalue weighted by atomic mass is 19.1. The largest absolute Gasteiger partial charge is 0.396 e. The molecule has 2 aliphatic carbocycles. The molecule has 0 unspecified atom stereocenters. The van der Waals surface area contributed by atoms with Crippen LogP contribution in [-0.4, -0.2) is 23.4 Å². The minimum atomic E-state index is -0.505. The molecule has 2 nitrogen and oxygen atoms in total. The number of halogens is 4. The number of hydrogen-bond donors (Lipinski definition) is 2. The lowest BCUT2D eigenvalue weighted by atomic mass is 9.66. The van der Waals surface area contributed by atoms with Gasteiger partial charge < -0.3 is 10.2 Å². The molecule has 0 aromatic heterocycles. The Morgan fingerprint density at radius 3 is 1.10 bits per heavy atom. The zero-order chi connectivity index (χ0) is 21.8. The van der Waals surface area contributed by atoms with Gasteiger partial charge in [0.1, 0.15) is 23.3 Å². The standard InChI is InChI=1S/2C12H14F2O/c2*13-10-3-1-4-11(14)9(10)7-12(8-15)5-2-6-12/h2*1,3-4,15H,2,5-8H2. The lowest BCUT2D eigenvalue weighted by Gasteiger charge is -2.40. The predicted octanol–water partition coefficient (Wildman–Crippen LogP) is 5.34. The Kier molecular flexibility index (Phi) is 7.19. The van der Waals surface area contributed by atoms with Crippen molar-refractivity contribution in [1.29, 1.82) is 0 Å². The second-order valence-electron chi connectivity index (χ2n) is 8.78. The molecule has 2 aromatic carbocycles. The summed E-state index contributed by atoms with van der Waals surface area (Å²) >= 11 is 0. The normalized spacial score (nSPS) is 18.6. The number of aliphatic hydroxyl groups is 2. The van der Waals surface area contributed by atoms with Gasteiger partial charge in [0.25, 0.3) is 0 Å². The minimum absolute atomic E-state index is 0.0147. The molecule has 2 aromatic rings. The smallest absolute Gasteiger partial charge is 0.129 e. The molecule has 0 heterocycles. The van der Waals surface area contributed by atoms with E-state index in [1.807, 2.05) is 0 Å². The van der Waals surface area contributed by atoms with Gasteiger partial charge in [-0.2, -0.15) is 0 Å². The lowest BCUT2D eigenvalue weighted by molar-refractivity contribution is 0.0434. The van der Waals surface area contributed by atoms with Gasteiger partial charge in [-0.15, -0.1) is 0 Å². The summed E-state index contributed by atoms with van der Waals surface area (Å²) in [4.78, 5) is 0. The van der Waals surface area contributed by atoms with Crippen molar-refractivity contribution >= 4 is 0 Å². The van der Waals surface area contributed by atoms with Crippen molar-refractivity contribution < 1.29 is 27.8 Å². The Morgan fingerprint density at radius 2 is 0.900 bits per heavy atom. The van der Waals surface area contributed by atoms with Gasteiger partial charge in [0, 0.05) is 24.3 Å². The molecule has 164 valence electrons. The van der Waals surface area contributed by atoms with E-state index in [4.69, 9.17) is 0 Å². The summed E-state index contributed by atoms with van der Waals surface area (Å²) in [6.07, 6.45) is 6.13. The molecule has 2 fully saturated rings. The third-order valence-electron chi connectivity index (χ3n) is 6.73. The SMILES string of the molecule is OCC1(Cc2c(F)cccc2F)CCC1.OCC1(Cc2c(F)cccc2F)CCC1. The van der Waals surface area contributed by atoms with Crippen LogP contribution < -0.4 is 0 Å². The first-order chi connectivity index (χ1) is 14.3. The summed E-state index contributed by atoms with van der Waals surface area (Å²) in [5, 5.41) is 18.5. The monoisotopic (exact) mass is 424 g/mol. The van der Waals surface area contributed by atoms with Crippen LogP contribution in [0.1, 0.15) is 49.7 Å². The second kappa shape index (κ2) is 9.48. The van der Waals surface area contributed by atoms with Crippen molar-refractivity contribution in [3.63, 3.8) is 0 Å². The Balaban J connectivity index is 0.000000171. The molecule has 2 aliphatic rings. The van der Waals surface area contributed by atoms with Crippen molar-refractivity contribution in [2.75, 3.05) is 13.2 Å². The van der Waals surface area contributed by atoms with Crippen molar-refractivity contribution in [3.8, 4) is 0 Å². The maximum atomic E-state index is 13.4. The lowest BCUT2D eigenvalue weighted by Crippen LogP contribution is -2.36. The van der Waals surface area contributed by atoms with E-state index in [1.54, 1.807) is 0 Å². The fraction of sp³-hybridized carbons (Fsp3) is 0.500. The Hall–Kier alpha value is -1.92. The van der Waals surface area contributed by atoms with Gasteiger partial charge in [0.15, 0.2) is 0 Å². The predicted molar refractivity (Wildman–Crippen MR) is 107 cm³/mol. The van der Waals surface area contributed by atoms with E-state index < -0.39 is 23.3 Å². The molecule has 0 bridgehead atoms. The molecule has 0 atom stereocenters. The van der Waals surface area contributed by atoms with Crippen LogP contribution in [0.2, 0.25) is 0 Å². The van der Waals surface area contributed by atoms with Gasteiger partial charge >= 0.3 is 0 Å². The highest BCUT2D eigenvalue weighted by Crippen LogP contribution is 2.44. The van der Waals surface area contributed by atoms with Crippen molar-refractivity contribution in [2.45, 2.75) is 51.4 Å². The molecule has 0 amide bonds. The van der Waals surface area contributed by atoms with Crippen LogP contribution in [0.15, 0.2) is 36.4 Å². The zero-order valence-corrected chi connectivity index (χ0v) is 16.9. The van der Waals surface area contributed by atoms with E-state index >= 15 is 0 Å². The molecule has 0 aliphatic heterocycles. The number of benzene rings is 2. The van der Waals surface area contributed by atoms with Gasteiger partial charge in [-0.3, -0.25) is 0 Å². The summed E-state index contributed by atoms with van der Waals surface area (Å²) in [7, 11) is 0. The third kappa shape index (κ3) is 4.86. The van der Waals surface area contributed by atoms with Crippen molar-refractivity contribution in [2.24, 2.45) is 10.8 Å². The van der Waals surface area contributed by atoms with E-state index in [2.05, 4.69) is 0 Å².